The average Bonchev–Trinajstić information content (AvgIpc) is 2.47. The molecular weight excluding hydrogens is 245 g/mol. The first-order valence-electron chi connectivity index (χ1n) is 6.05. The van der Waals surface area contributed by atoms with Crippen molar-refractivity contribution in [3.8, 4) is 0 Å². The Balaban J connectivity index is 2.42. The molecular formula is C12H18BN3O3. The van der Waals surface area contributed by atoms with E-state index in [1.807, 2.05) is 27.7 Å². The Morgan fingerprint density at radius 2 is 1.79 bits per heavy atom. The first-order chi connectivity index (χ1) is 8.64. The largest absolute Gasteiger partial charge is 0.515 e. The molecule has 1 amide bonds. The molecule has 0 aromatic carbocycles. The predicted molar refractivity (Wildman–Crippen MR) is 72.9 cm³/mol. The summed E-state index contributed by atoms with van der Waals surface area (Å²) >= 11 is 0. The molecule has 0 atom stereocenters. The molecule has 1 saturated heterocycles. The molecule has 0 unspecified atom stereocenters. The van der Waals surface area contributed by atoms with Crippen molar-refractivity contribution < 1.29 is 14.1 Å². The van der Waals surface area contributed by atoms with Gasteiger partial charge in [0.1, 0.15) is 0 Å². The van der Waals surface area contributed by atoms with Crippen molar-refractivity contribution in [2.24, 2.45) is 5.73 Å². The van der Waals surface area contributed by atoms with E-state index in [1.54, 1.807) is 0 Å². The first-order valence-corrected chi connectivity index (χ1v) is 6.05. The third-order valence-corrected chi connectivity index (χ3v) is 3.68. The summed E-state index contributed by atoms with van der Waals surface area (Å²) in [6.07, 6.45) is 1.45. The number of anilines is 1. The third-order valence-electron chi connectivity index (χ3n) is 3.68. The van der Waals surface area contributed by atoms with Crippen LogP contribution in [0.2, 0.25) is 0 Å². The van der Waals surface area contributed by atoms with Crippen molar-refractivity contribution in [3.05, 3.63) is 17.8 Å². The maximum Gasteiger partial charge on any atom is 0.515 e. The number of carbonyl (C=O) groups is 1. The van der Waals surface area contributed by atoms with E-state index in [2.05, 4.69) is 4.98 Å². The smallest absolute Gasteiger partial charge is 0.398 e. The predicted octanol–water partition coefficient (Wildman–Crippen LogP) is 0.0619. The molecule has 0 radical (unpaired) electrons. The summed E-state index contributed by atoms with van der Waals surface area (Å²) in [6, 6.07) is 1.48. The van der Waals surface area contributed by atoms with Crippen molar-refractivity contribution >= 4 is 24.3 Å². The maximum absolute atomic E-state index is 11.5. The van der Waals surface area contributed by atoms with Crippen LogP contribution in [0.3, 0.4) is 0 Å². The van der Waals surface area contributed by atoms with Gasteiger partial charge in [-0.2, -0.15) is 0 Å². The molecule has 4 N–H and O–H groups in total. The number of hydrogen-bond acceptors (Lipinski definition) is 5. The second-order valence-electron chi connectivity index (χ2n) is 5.65. The minimum atomic E-state index is -0.729. The van der Waals surface area contributed by atoms with E-state index >= 15 is 0 Å². The number of amides is 1. The second-order valence-corrected chi connectivity index (χ2v) is 5.65. The lowest BCUT2D eigenvalue weighted by molar-refractivity contribution is 0.00578. The number of primary amides is 1. The summed E-state index contributed by atoms with van der Waals surface area (Å²) < 4.78 is 11.7. The molecule has 0 saturated carbocycles. The van der Waals surface area contributed by atoms with Crippen LogP contribution in [-0.2, 0) is 9.31 Å². The zero-order valence-electron chi connectivity index (χ0n) is 11.6. The highest BCUT2D eigenvalue weighted by atomic mass is 16.7. The van der Waals surface area contributed by atoms with Gasteiger partial charge in [0.2, 0.25) is 5.91 Å². The molecule has 0 bridgehead atoms. The lowest BCUT2D eigenvalue weighted by Gasteiger charge is -2.32. The van der Waals surface area contributed by atoms with Crippen molar-refractivity contribution in [1.82, 2.24) is 4.98 Å². The van der Waals surface area contributed by atoms with Crippen LogP contribution in [0.25, 0.3) is 0 Å². The fourth-order valence-corrected chi connectivity index (χ4v) is 1.83. The van der Waals surface area contributed by atoms with Crippen LogP contribution in [0.1, 0.15) is 38.1 Å². The molecule has 1 aliphatic heterocycles. The fourth-order valence-electron chi connectivity index (χ4n) is 1.83. The van der Waals surface area contributed by atoms with E-state index < -0.39 is 24.2 Å². The van der Waals surface area contributed by atoms with Gasteiger partial charge in [-0.25, -0.2) is 0 Å². The van der Waals surface area contributed by atoms with Crippen LogP contribution in [-0.4, -0.2) is 29.2 Å². The molecule has 0 spiro atoms. The zero-order chi connectivity index (χ0) is 14.4. The minimum absolute atomic E-state index is 0.221. The standard InChI is InChI=1S/C12H18BN3O3/c1-11(2)12(3,4)19-13(18-11)9-8(10(15)17)5-7(14)6-16-9/h5-6H,14H2,1-4H3,(H2,15,17). The highest BCUT2D eigenvalue weighted by Crippen LogP contribution is 2.36. The number of aromatic nitrogens is 1. The van der Waals surface area contributed by atoms with Gasteiger partial charge in [0.15, 0.2) is 0 Å². The van der Waals surface area contributed by atoms with Crippen molar-refractivity contribution in [1.29, 1.82) is 0 Å². The first kappa shape index (κ1) is 13.8. The van der Waals surface area contributed by atoms with Gasteiger partial charge >= 0.3 is 7.12 Å². The molecule has 1 aromatic rings. The maximum atomic E-state index is 11.5. The summed E-state index contributed by atoms with van der Waals surface area (Å²) in [7, 11) is -0.729. The summed E-state index contributed by atoms with van der Waals surface area (Å²) in [5.74, 6) is -0.607. The molecule has 2 rings (SSSR count). The highest BCUT2D eigenvalue weighted by molar-refractivity contribution is 6.62. The number of nitrogens with zero attached hydrogens (tertiary/aromatic N) is 1. The highest BCUT2D eigenvalue weighted by Gasteiger charge is 2.53. The molecule has 1 aliphatic rings. The Morgan fingerprint density at radius 3 is 2.26 bits per heavy atom. The van der Waals surface area contributed by atoms with Crippen LogP contribution in [0.5, 0.6) is 0 Å². The number of rotatable bonds is 2. The Hall–Kier alpha value is -1.60. The summed E-state index contributed by atoms with van der Waals surface area (Å²) in [5.41, 5.74) is 10.9. The van der Waals surface area contributed by atoms with E-state index in [0.717, 1.165) is 0 Å². The van der Waals surface area contributed by atoms with Crippen LogP contribution >= 0.6 is 0 Å². The van der Waals surface area contributed by atoms with Crippen molar-refractivity contribution in [3.63, 3.8) is 0 Å². The van der Waals surface area contributed by atoms with E-state index in [1.165, 1.54) is 12.3 Å². The fraction of sp³-hybridized carbons (Fsp3) is 0.500. The van der Waals surface area contributed by atoms with Crippen LogP contribution in [0.15, 0.2) is 12.3 Å². The van der Waals surface area contributed by atoms with Gasteiger partial charge in [0, 0.05) is 6.20 Å². The van der Waals surface area contributed by atoms with E-state index in [-0.39, 0.29) is 5.56 Å². The van der Waals surface area contributed by atoms with Gasteiger partial charge < -0.3 is 20.8 Å². The minimum Gasteiger partial charge on any atom is -0.398 e. The van der Waals surface area contributed by atoms with E-state index in [9.17, 15) is 4.79 Å². The lowest BCUT2D eigenvalue weighted by atomic mass is 9.80. The number of pyridine rings is 1. The molecule has 1 fully saturated rings. The summed E-state index contributed by atoms with van der Waals surface area (Å²) in [6.45, 7) is 7.70. The second kappa shape index (κ2) is 4.21. The Morgan fingerprint density at radius 1 is 1.26 bits per heavy atom. The van der Waals surface area contributed by atoms with Crippen molar-refractivity contribution in [2.45, 2.75) is 38.9 Å². The molecule has 0 aliphatic carbocycles. The Bertz CT molecular complexity index is 515. The number of nitrogens with two attached hydrogens (primary N) is 2. The lowest BCUT2D eigenvalue weighted by Crippen LogP contribution is -2.41. The van der Waals surface area contributed by atoms with Gasteiger partial charge in [-0.05, 0) is 33.8 Å². The monoisotopic (exact) mass is 263 g/mol. The van der Waals surface area contributed by atoms with Gasteiger partial charge in [-0.1, -0.05) is 0 Å². The van der Waals surface area contributed by atoms with E-state index in [4.69, 9.17) is 20.8 Å². The SMILES string of the molecule is CC1(C)OB(c2ncc(N)cc2C(N)=O)OC1(C)C. The van der Waals surface area contributed by atoms with Gasteiger partial charge in [-0.15, -0.1) is 0 Å². The normalized spacial score (nSPS) is 20.5. The topological polar surface area (TPSA) is 100 Å². The number of hydrogen-bond donors (Lipinski definition) is 2. The average molecular weight is 263 g/mol. The molecule has 102 valence electrons. The van der Waals surface area contributed by atoms with Crippen LogP contribution in [0, 0.1) is 0 Å². The molecule has 2 heterocycles. The van der Waals surface area contributed by atoms with Crippen molar-refractivity contribution in [2.75, 3.05) is 5.73 Å². The summed E-state index contributed by atoms with van der Waals surface area (Å²) in [4.78, 5) is 15.6. The number of carbonyl (C=O) groups excluding carboxylic acids is 1. The number of nitrogen functional groups attached to an aromatic ring is 1. The molecule has 7 heteroatoms. The zero-order valence-corrected chi connectivity index (χ0v) is 11.6. The van der Waals surface area contributed by atoms with Gasteiger partial charge in [0.05, 0.1) is 28.0 Å². The van der Waals surface area contributed by atoms with Gasteiger partial charge in [0.25, 0.3) is 0 Å². The Labute approximate surface area is 112 Å². The summed E-state index contributed by atoms with van der Waals surface area (Å²) in [5, 5.41) is 0. The Kier molecular flexibility index (Phi) is 3.06. The van der Waals surface area contributed by atoms with Crippen LogP contribution < -0.4 is 17.1 Å². The molecule has 19 heavy (non-hydrogen) atoms. The quantitative estimate of drug-likeness (QED) is 0.735. The third kappa shape index (κ3) is 2.31. The van der Waals surface area contributed by atoms with E-state index in [0.29, 0.717) is 11.3 Å². The van der Waals surface area contributed by atoms with Gasteiger partial charge in [-0.3, -0.25) is 9.78 Å². The molecule has 1 aromatic heterocycles. The molecule has 6 nitrogen and oxygen atoms in total. The van der Waals surface area contributed by atoms with Crippen LogP contribution in [0.4, 0.5) is 5.69 Å².